The maximum Gasteiger partial charge on any atom is 0.422 e. The van der Waals surface area contributed by atoms with E-state index in [1.807, 2.05) is 0 Å². The van der Waals surface area contributed by atoms with Crippen molar-refractivity contribution in [1.82, 2.24) is 15.0 Å². The van der Waals surface area contributed by atoms with Crippen LogP contribution < -0.4 is 10.3 Å². The van der Waals surface area contributed by atoms with Gasteiger partial charge in [-0.25, -0.2) is 9.97 Å². The number of H-pyrrole nitrogens is 1. The molecule has 0 fully saturated rings. The van der Waals surface area contributed by atoms with E-state index in [1.165, 1.54) is 28.5 Å². The van der Waals surface area contributed by atoms with Crippen molar-refractivity contribution < 1.29 is 17.9 Å². The van der Waals surface area contributed by atoms with Gasteiger partial charge in [0.15, 0.2) is 6.61 Å². The minimum atomic E-state index is -4.45. The second-order valence-electron chi connectivity index (χ2n) is 6.45. The minimum absolute atomic E-state index is 0.172. The first kappa shape index (κ1) is 18.0. The van der Waals surface area contributed by atoms with Crippen molar-refractivity contribution in [2.24, 2.45) is 0 Å². The molecule has 1 aliphatic rings. The van der Waals surface area contributed by atoms with Gasteiger partial charge in [0.2, 0.25) is 5.88 Å². The SMILES string of the molecule is O=c1[nH]c(-c2ccnc(OCC(F)(F)F)c2)nc2sc3c(c12)CCCCC3. The Hall–Kier alpha value is -2.42. The van der Waals surface area contributed by atoms with E-state index in [1.54, 1.807) is 6.07 Å². The monoisotopic (exact) mass is 395 g/mol. The fourth-order valence-electron chi connectivity index (χ4n) is 3.27. The van der Waals surface area contributed by atoms with Crippen LogP contribution in [-0.4, -0.2) is 27.7 Å². The highest BCUT2D eigenvalue weighted by atomic mass is 32.1. The number of nitrogens with zero attached hydrogens (tertiary/aromatic N) is 2. The van der Waals surface area contributed by atoms with Crippen molar-refractivity contribution in [2.75, 3.05) is 6.61 Å². The molecule has 3 aromatic heterocycles. The molecule has 0 saturated carbocycles. The number of halogens is 3. The van der Waals surface area contributed by atoms with Gasteiger partial charge in [0.05, 0.1) is 5.39 Å². The van der Waals surface area contributed by atoms with Gasteiger partial charge in [-0.3, -0.25) is 4.79 Å². The molecule has 0 radical (unpaired) electrons. The van der Waals surface area contributed by atoms with Crippen LogP contribution >= 0.6 is 11.3 Å². The zero-order valence-corrected chi connectivity index (χ0v) is 15.0. The molecule has 4 rings (SSSR count). The van der Waals surface area contributed by atoms with Crippen LogP contribution in [0.3, 0.4) is 0 Å². The first-order chi connectivity index (χ1) is 12.9. The zero-order chi connectivity index (χ0) is 19.0. The van der Waals surface area contributed by atoms with Gasteiger partial charge in [-0.2, -0.15) is 13.2 Å². The minimum Gasteiger partial charge on any atom is -0.468 e. The predicted molar refractivity (Wildman–Crippen MR) is 96.3 cm³/mol. The summed E-state index contributed by atoms with van der Waals surface area (Å²) in [5.74, 6) is 0.123. The molecule has 0 bridgehead atoms. The molecule has 0 unspecified atom stereocenters. The fraction of sp³-hybridized carbons (Fsp3) is 0.389. The average Bonchev–Trinajstić information content (AvgIpc) is 2.82. The van der Waals surface area contributed by atoms with E-state index < -0.39 is 12.8 Å². The third-order valence-electron chi connectivity index (χ3n) is 4.47. The first-order valence-electron chi connectivity index (χ1n) is 8.61. The molecule has 0 atom stereocenters. The molecule has 1 N–H and O–H groups in total. The van der Waals surface area contributed by atoms with E-state index in [-0.39, 0.29) is 11.4 Å². The third-order valence-corrected chi connectivity index (χ3v) is 5.65. The van der Waals surface area contributed by atoms with Crippen molar-refractivity contribution in [1.29, 1.82) is 0 Å². The summed E-state index contributed by atoms with van der Waals surface area (Å²) >= 11 is 1.53. The number of ether oxygens (including phenoxy) is 1. The Morgan fingerprint density at radius 3 is 2.85 bits per heavy atom. The van der Waals surface area contributed by atoms with Gasteiger partial charge in [0.25, 0.3) is 5.56 Å². The molecule has 0 aromatic carbocycles. The molecule has 5 nitrogen and oxygen atoms in total. The standard InChI is InChI=1S/C18H16F3N3O2S/c19-18(20,21)9-26-13-8-10(6-7-22-13)15-23-16(25)14-11-4-2-1-3-5-12(11)27-17(14)24-15/h6-8H,1-5,9H2,(H,23,24,25). The molecule has 27 heavy (non-hydrogen) atoms. The van der Waals surface area contributed by atoms with E-state index in [0.29, 0.717) is 21.6 Å². The van der Waals surface area contributed by atoms with Crippen molar-refractivity contribution in [2.45, 2.75) is 38.3 Å². The number of rotatable bonds is 3. The summed E-state index contributed by atoms with van der Waals surface area (Å²) in [5.41, 5.74) is 1.32. The van der Waals surface area contributed by atoms with E-state index in [4.69, 9.17) is 0 Å². The van der Waals surface area contributed by atoms with Crippen LogP contribution in [0, 0.1) is 0 Å². The van der Waals surface area contributed by atoms with Crippen molar-refractivity contribution >= 4 is 21.6 Å². The van der Waals surface area contributed by atoms with E-state index >= 15 is 0 Å². The summed E-state index contributed by atoms with van der Waals surface area (Å²) in [7, 11) is 0. The molecule has 3 aromatic rings. The number of nitrogens with one attached hydrogen (secondary N) is 1. The van der Waals surface area contributed by atoms with Crippen molar-refractivity contribution in [3.63, 3.8) is 0 Å². The summed E-state index contributed by atoms with van der Waals surface area (Å²) < 4.78 is 41.6. The van der Waals surface area contributed by atoms with Gasteiger partial charge >= 0.3 is 6.18 Å². The van der Waals surface area contributed by atoms with Gasteiger partial charge in [0, 0.05) is 22.7 Å². The number of hydrogen-bond donors (Lipinski definition) is 1. The van der Waals surface area contributed by atoms with E-state index in [0.717, 1.165) is 37.7 Å². The molecule has 0 saturated heterocycles. The van der Waals surface area contributed by atoms with Crippen LogP contribution in [0.2, 0.25) is 0 Å². The van der Waals surface area contributed by atoms with Crippen LogP contribution in [0.1, 0.15) is 29.7 Å². The normalized spacial score (nSPS) is 14.8. The molecule has 9 heteroatoms. The lowest BCUT2D eigenvalue weighted by atomic mass is 10.1. The van der Waals surface area contributed by atoms with Crippen LogP contribution in [0.25, 0.3) is 21.6 Å². The maximum atomic E-state index is 12.7. The Morgan fingerprint density at radius 1 is 1.22 bits per heavy atom. The lowest BCUT2D eigenvalue weighted by Gasteiger charge is -2.09. The number of aromatic nitrogens is 3. The fourth-order valence-corrected chi connectivity index (χ4v) is 4.53. The number of aryl methyl sites for hydroxylation is 2. The quantitative estimate of drug-likeness (QED) is 0.673. The van der Waals surface area contributed by atoms with Gasteiger partial charge < -0.3 is 9.72 Å². The highest BCUT2D eigenvalue weighted by Crippen LogP contribution is 2.33. The van der Waals surface area contributed by atoms with Gasteiger partial charge in [-0.15, -0.1) is 11.3 Å². The summed E-state index contributed by atoms with van der Waals surface area (Å²) in [6.07, 6.45) is 2.04. The molecule has 0 aliphatic heterocycles. The molecule has 3 heterocycles. The Balaban J connectivity index is 1.71. The van der Waals surface area contributed by atoms with Crippen LogP contribution in [0.15, 0.2) is 23.1 Å². The molecule has 0 spiro atoms. The Morgan fingerprint density at radius 2 is 2.04 bits per heavy atom. The topological polar surface area (TPSA) is 67.9 Å². The van der Waals surface area contributed by atoms with E-state index in [2.05, 4.69) is 19.7 Å². The highest BCUT2D eigenvalue weighted by Gasteiger charge is 2.28. The highest BCUT2D eigenvalue weighted by molar-refractivity contribution is 7.18. The summed E-state index contributed by atoms with van der Waals surface area (Å²) in [5, 5.41) is 0.642. The molecular formula is C18H16F3N3O2S. The van der Waals surface area contributed by atoms with Crippen LogP contribution in [0.4, 0.5) is 13.2 Å². The van der Waals surface area contributed by atoms with Crippen LogP contribution in [-0.2, 0) is 12.8 Å². The summed E-state index contributed by atoms with van der Waals surface area (Å²) in [6.45, 7) is -1.43. The van der Waals surface area contributed by atoms with Crippen molar-refractivity contribution in [3.05, 3.63) is 39.1 Å². The zero-order valence-electron chi connectivity index (χ0n) is 14.2. The number of fused-ring (bicyclic) bond motifs is 3. The first-order valence-corrected chi connectivity index (χ1v) is 9.43. The van der Waals surface area contributed by atoms with Crippen LogP contribution in [0.5, 0.6) is 5.88 Å². The number of thiophene rings is 1. The largest absolute Gasteiger partial charge is 0.468 e. The number of hydrogen-bond acceptors (Lipinski definition) is 5. The maximum absolute atomic E-state index is 12.7. The smallest absolute Gasteiger partial charge is 0.422 e. The Kier molecular flexibility index (Phi) is 4.63. The average molecular weight is 395 g/mol. The lowest BCUT2D eigenvalue weighted by Crippen LogP contribution is -2.19. The van der Waals surface area contributed by atoms with Gasteiger partial charge in [0.1, 0.15) is 10.7 Å². The lowest BCUT2D eigenvalue weighted by molar-refractivity contribution is -0.154. The Labute approximate surface area is 156 Å². The molecule has 1 aliphatic carbocycles. The second kappa shape index (κ2) is 6.95. The third kappa shape index (κ3) is 3.83. The summed E-state index contributed by atoms with van der Waals surface area (Å²) in [4.78, 5) is 25.6. The van der Waals surface area contributed by atoms with Gasteiger partial charge in [-0.1, -0.05) is 6.42 Å². The van der Waals surface area contributed by atoms with Gasteiger partial charge in [-0.05, 0) is 37.3 Å². The Bertz CT molecular complexity index is 1040. The summed E-state index contributed by atoms with van der Waals surface area (Å²) in [6, 6.07) is 2.91. The molecule has 0 amide bonds. The number of aromatic amines is 1. The molecule has 142 valence electrons. The number of pyridine rings is 1. The molecular weight excluding hydrogens is 379 g/mol. The number of alkyl halides is 3. The van der Waals surface area contributed by atoms with E-state index in [9.17, 15) is 18.0 Å². The predicted octanol–water partition coefficient (Wildman–Crippen LogP) is 4.26. The second-order valence-corrected chi connectivity index (χ2v) is 7.53. The van der Waals surface area contributed by atoms with Crippen molar-refractivity contribution in [3.8, 4) is 17.3 Å².